The van der Waals surface area contributed by atoms with Gasteiger partial charge in [0.2, 0.25) is 10.1 Å². The summed E-state index contributed by atoms with van der Waals surface area (Å²) in [5, 5.41) is 16.7. The van der Waals surface area contributed by atoms with Gasteiger partial charge in [0.05, 0.1) is 0 Å². The zero-order valence-electron chi connectivity index (χ0n) is 11.5. The van der Waals surface area contributed by atoms with Gasteiger partial charge in [-0.2, -0.15) is 13.2 Å². The number of halogens is 3. The van der Waals surface area contributed by atoms with Gasteiger partial charge in [0.1, 0.15) is 0 Å². The Bertz CT molecular complexity index is 715. The molecule has 6 nitrogen and oxygen atoms in total. The average molecular weight is 344 g/mol. The lowest BCUT2D eigenvalue weighted by molar-refractivity contribution is -0.138. The molecule has 1 aromatic carbocycles. The number of hydrogen-bond donors (Lipinski definition) is 3. The minimum Gasteiger partial charge on any atom is -0.356 e. The van der Waals surface area contributed by atoms with Crippen molar-refractivity contribution in [3.63, 3.8) is 0 Å². The van der Waals surface area contributed by atoms with Crippen LogP contribution in [0.2, 0.25) is 0 Å². The highest BCUT2D eigenvalue weighted by Gasteiger charge is 2.35. The van der Waals surface area contributed by atoms with Crippen molar-refractivity contribution < 1.29 is 23.2 Å². The molecule has 23 heavy (non-hydrogen) atoms. The molecular formula is C13H11F3N4O2S. The molecule has 0 aliphatic carbocycles. The molecule has 3 N–H and O–H groups in total. The number of nitrogens with zero attached hydrogens (tertiary/aromatic N) is 2. The van der Waals surface area contributed by atoms with Crippen molar-refractivity contribution in [3.8, 4) is 0 Å². The van der Waals surface area contributed by atoms with E-state index in [4.69, 9.17) is 5.21 Å². The zero-order valence-corrected chi connectivity index (χ0v) is 12.3. The Morgan fingerprint density at radius 2 is 2.13 bits per heavy atom. The van der Waals surface area contributed by atoms with Crippen LogP contribution in [0, 0.1) is 0 Å². The quantitative estimate of drug-likeness (QED) is 0.441. The molecule has 0 aliphatic heterocycles. The highest BCUT2D eigenvalue weighted by molar-refractivity contribution is 7.15. The lowest BCUT2D eigenvalue weighted by Crippen LogP contribution is -2.14. The number of aromatic nitrogens is 2. The maximum atomic E-state index is 12.4. The van der Waals surface area contributed by atoms with Crippen molar-refractivity contribution in [1.29, 1.82) is 0 Å². The number of anilines is 1. The molecule has 2 aromatic rings. The SMILES string of the molecule is O=C(/C=C/c1cccc(CNc2nnc(C(F)(F)F)s2)c1)NO. The summed E-state index contributed by atoms with van der Waals surface area (Å²) in [4.78, 5) is 10.9. The molecule has 10 heteroatoms. The van der Waals surface area contributed by atoms with E-state index in [1.165, 1.54) is 11.6 Å². The molecule has 2 rings (SSSR count). The van der Waals surface area contributed by atoms with Crippen LogP contribution in [0.1, 0.15) is 16.1 Å². The maximum absolute atomic E-state index is 12.4. The summed E-state index contributed by atoms with van der Waals surface area (Å²) in [7, 11) is 0. The fourth-order valence-electron chi connectivity index (χ4n) is 1.60. The number of amides is 1. The van der Waals surface area contributed by atoms with Crippen LogP contribution in [0.4, 0.5) is 18.3 Å². The van der Waals surface area contributed by atoms with Crippen molar-refractivity contribution in [2.24, 2.45) is 0 Å². The van der Waals surface area contributed by atoms with Crippen LogP contribution in [-0.2, 0) is 17.5 Å². The molecule has 122 valence electrons. The Labute approximate surface area is 132 Å². The zero-order chi connectivity index (χ0) is 16.9. The lowest BCUT2D eigenvalue weighted by atomic mass is 10.1. The van der Waals surface area contributed by atoms with E-state index < -0.39 is 17.1 Å². The fourth-order valence-corrected chi connectivity index (χ4v) is 2.21. The van der Waals surface area contributed by atoms with Gasteiger partial charge >= 0.3 is 6.18 Å². The number of benzene rings is 1. The van der Waals surface area contributed by atoms with Crippen LogP contribution in [0.3, 0.4) is 0 Å². The van der Waals surface area contributed by atoms with Crippen LogP contribution >= 0.6 is 11.3 Å². The maximum Gasteiger partial charge on any atom is 0.445 e. The smallest absolute Gasteiger partial charge is 0.356 e. The second-order valence-corrected chi connectivity index (χ2v) is 5.30. The minimum absolute atomic E-state index is 0.0675. The van der Waals surface area contributed by atoms with E-state index in [1.807, 2.05) is 0 Å². The minimum atomic E-state index is -4.50. The first-order valence-corrected chi connectivity index (χ1v) is 7.06. The Kier molecular flexibility index (Phi) is 5.29. The number of hydrogen-bond acceptors (Lipinski definition) is 6. The number of carbonyl (C=O) groups is 1. The normalized spacial score (nSPS) is 11.7. The number of alkyl halides is 3. The molecule has 0 unspecified atom stereocenters. The average Bonchev–Trinajstić information content (AvgIpc) is 3.00. The van der Waals surface area contributed by atoms with Crippen molar-refractivity contribution in [2.45, 2.75) is 12.7 Å². The second kappa shape index (κ2) is 7.20. The molecule has 0 fully saturated rings. The van der Waals surface area contributed by atoms with Crippen molar-refractivity contribution in [3.05, 3.63) is 46.5 Å². The third-order valence-corrected chi connectivity index (χ3v) is 3.53. The fraction of sp³-hybridized carbons (Fsp3) is 0.154. The highest BCUT2D eigenvalue weighted by Crippen LogP contribution is 2.33. The molecule has 1 amide bonds. The van der Waals surface area contributed by atoms with Crippen molar-refractivity contribution in [1.82, 2.24) is 15.7 Å². The van der Waals surface area contributed by atoms with Gasteiger partial charge in [-0.25, -0.2) is 5.48 Å². The van der Waals surface area contributed by atoms with E-state index in [-0.39, 0.29) is 11.7 Å². The van der Waals surface area contributed by atoms with Crippen LogP contribution < -0.4 is 10.8 Å². The van der Waals surface area contributed by atoms with E-state index in [1.54, 1.807) is 24.3 Å². The largest absolute Gasteiger partial charge is 0.445 e. The van der Waals surface area contributed by atoms with Gasteiger partial charge in [-0.05, 0) is 23.3 Å². The summed E-state index contributed by atoms with van der Waals surface area (Å²) in [5.41, 5.74) is 2.94. The number of nitrogens with one attached hydrogen (secondary N) is 2. The van der Waals surface area contributed by atoms with Gasteiger partial charge in [-0.1, -0.05) is 29.5 Å². The van der Waals surface area contributed by atoms with Crippen LogP contribution in [-0.4, -0.2) is 21.3 Å². The summed E-state index contributed by atoms with van der Waals surface area (Å²) >= 11 is 0.427. The van der Waals surface area contributed by atoms with Gasteiger partial charge in [-0.15, -0.1) is 10.2 Å². The first-order valence-electron chi connectivity index (χ1n) is 6.24. The first kappa shape index (κ1) is 16.9. The summed E-state index contributed by atoms with van der Waals surface area (Å²) in [5.74, 6) is -0.665. The van der Waals surface area contributed by atoms with Gasteiger partial charge in [0, 0.05) is 12.6 Å². The number of rotatable bonds is 5. The van der Waals surface area contributed by atoms with Crippen molar-refractivity contribution >= 4 is 28.5 Å². The predicted octanol–water partition coefficient (Wildman–Crippen LogP) is 2.69. The Hall–Kier alpha value is -2.46. The highest BCUT2D eigenvalue weighted by atomic mass is 32.1. The Morgan fingerprint density at radius 1 is 1.35 bits per heavy atom. The molecule has 0 atom stereocenters. The summed E-state index contributed by atoms with van der Waals surface area (Å²) in [6.07, 6.45) is -1.87. The third kappa shape index (κ3) is 5.04. The monoisotopic (exact) mass is 344 g/mol. The number of carbonyl (C=O) groups excluding carboxylic acids is 1. The molecule has 0 saturated heterocycles. The molecular weight excluding hydrogens is 333 g/mol. The summed E-state index contributed by atoms with van der Waals surface area (Å²) in [6.45, 7) is 0.250. The topological polar surface area (TPSA) is 87.1 Å². The van der Waals surface area contributed by atoms with E-state index in [0.717, 1.165) is 11.6 Å². The molecule has 0 aliphatic rings. The van der Waals surface area contributed by atoms with E-state index in [2.05, 4.69) is 15.5 Å². The standard InChI is InChI=1S/C13H11F3N4O2S/c14-13(15,16)11-18-19-12(23-11)17-7-9-3-1-2-8(6-9)4-5-10(21)20-22/h1-6,22H,7H2,(H,17,19)(H,20,21)/b5-4+. The molecule has 0 saturated carbocycles. The van der Waals surface area contributed by atoms with E-state index in [9.17, 15) is 18.0 Å². The molecule has 1 aromatic heterocycles. The predicted molar refractivity (Wildman–Crippen MR) is 77.6 cm³/mol. The summed E-state index contributed by atoms with van der Waals surface area (Å²) < 4.78 is 37.3. The van der Waals surface area contributed by atoms with Gasteiger partial charge < -0.3 is 5.32 Å². The second-order valence-electron chi connectivity index (χ2n) is 4.32. The molecule has 0 radical (unpaired) electrons. The van der Waals surface area contributed by atoms with Gasteiger partial charge in [0.25, 0.3) is 5.91 Å². The van der Waals surface area contributed by atoms with E-state index >= 15 is 0 Å². The third-order valence-electron chi connectivity index (χ3n) is 2.60. The molecule has 0 spiro atoms. The van der Waals surface area contributed by atoms with Gasteiger partial charge in [0.15, 0.2) is 0 Å². The van der Waals surface area contributed by atoms with Crippen LogP contribution in [0.15, 0.2) is 30.3 Å². The van der Waals surface area contributed by atoms with E-state index in [0.29, 0.717) is 16.9 Å². The Balaban J connectivity index is 1.99. The molecule has 0 bridgehead atoms. The van der Waals surface area contributed by atoms with Gasteiger partial charge in [-0.3, -0.25) is 10.0 Å². The van der Waals surface area contributed by atoms with Crippen LogP contribution in [0.5, 0.6) is 0 Å². The van der Waals surface area contributed by atoms with Crippen molar-refractivity contribution in [2.75, 3.05) is 5.32 Å². The molecule has 1 heterocycles. The Morgan fingerprint density at radius 3 is 2.78 bits per heavy atom. The first-order chi connectivity index (χ1) is 10.9. The lowest BCUT2D eigenvalue weighted by Gasteiger charge is -2.03. The number of hydroxylamine groups is 1. The van der Waals surface area contributed by atoms with Crippen LogP contribution in [0.25, 0.3) is 6.08 Å². The summed E-state index contributed by atoms with van der Waals surface area (Å²) in [6, 6.07) is 6.97.